The van der Waals surface area contributed by atoms with Crippen molar-refractivity contribution in [3.05, 3.63) is 0 Å². The van der Waals surface area contributed by atoms with Gasteiger partial charge in [0.2, 0.25) is 0 Å². The molecule has 0 radical (unpaired) electrons. The molecular formula is C18H30N2O4. The number of hydrogen-bond acceptors (Lipinski definition) is 4. The molecule has 0 aromatic rings. The SMILES string of the molecule is CCN1CC2(CCCN(C(=O)OC(C)(C)C)CC2)OC2(CC2)C1=O. The van der Waals surface area contributed by atoms with Gasteiger partial charge in [-0.1, -0.05) is 0 Å². The third kappa shape index (κ3) is 3.39. The Hall–Kier alpha value is -1.30. The Balaban J connectivity index is 1.68. The molecule has 136 valence electrons. The predicted octanol–water partition coefficient (Wildman–Crippen LogP) is 2.56. The van der Waals surface area contributed by atoms with Crippen LogP contribution in [0.4, 0.5) is 4.79 Å². The van der Waals surface area contributed by atoms with Crippen molar-refractivity contribution in [1.29, 1.82) is 0 Å². The van der Waals surface area contributed by atoms with Gasteiger partial charge in [-0.25, -0.2) is 4.79 Å². The number of rotatable bonds is 1. The number of likely N-dealkylation sites (N-methyl/N-ethyl adjacent to an activating group) is 1. The fourth-order valence-electron chi connectivity index (χ4n) is 3.82. The number of carbonyl (C=O) groups is 2. The van der Waals surface area contributed by atoms with Gasteiger partial charge in [0.15, 0.2) is 0 Å². The zero-order chi connectivity index (χ0) is 17.6. The van der Waals surface area contributed by atoms with Gasteiger partial charge in [-0.05, 0) is 59.8 Å². The van der Waals surface area contributed by atoms with Crippen LogP contribution in [0.25, 0.3) is 0 Å². The van der Waals surface area contributed by atoms with E-state index >= 15 is 0 Å². The number of ether oxygens (including phenoxy) is 2. The Bertz CT molecular complexity index is 524. The zero-order valence-corrected chi connectivity index (χ0v) is 15.4. The summed E-state index contributed by atoms with van der Waals surface area (Å²) in [5.41, 5.74) is -1.35. The molecule has 1 atom stereocenters. The van der Waals surface area contributed by atoms with Crippen molar-refractivity contribution >= 4 is 12.0 Å². The van der Waals surface area contributed by atoms with E-state index in [-0.39, 0.29) is 17.6 Å². The third-order valence-corrected chi connectivity index (χ3v) is 5.20. The van der Waals surface area contributed by atoms with Crippen LogP contribution in [0.15, 0.2) is 0 Å². The summed E-state index contributed by atoms with van der Waals surface area (Å²) >= 11 is 0. The molecule has 6 heteroatoms. The Labute approximate surface area is 144 Å². The first kappa shape index (κ1) is 17.5. The minimum absolute atomic E-state index is 0.156. The summed E-state index contributed by atoms with van der Waals surface area (Å²) in [7, 11) is 0. The molecule has 2 amide bonds. The Morgan fingerprint density at radius 1 is 1.21 bits per heavy atom. The molecule has 3 rings (SSSR count). The van der Waals surface area contributed by atoms with Gasteiger partial charge in [0, 0.05) is 26.2 Å². The van der Waals surface area contributed by atoms with E-state index in [9.17, 15) is 9.59 Å². The molecule has 1 aliphatic carbocycles. The molecule has 2 spiro atoms. The van der Waals surface area contributed by atoms with E-state index in [4.69, 9.17) is 9.47 Å². The summed E-state index contributed by atoms with van der Waals surface area (Å²) in [6, 6.07) is 0. The standard InChI is InChI=1S/C18H30N2O4/c1-5-19-13-17(24-18(8-9-18)14(19)21)7-6-11-20(12-10-17)15(22)23-16(2,3)4/h5-13H2,1-4H3. The average Bonchev–Trinajstić information content (AvgIpc) is 3.27. The third-order valence-electron chi connectivity index (χ3n) is 5.20. The van der Waals surface area contributed by atoms with Crippen molar-refractivity contribution in [2.75, 3.05) is 26.2 Å². The van der Waals surface area contributed by atoms with Crippen LogP contribution in [0.1, 0.15) is 59.8 Å². The lowest BCUT2D eigenvalue weighted by Gasteiger charge is -2.46. The summed E-state index contributed by atoms with van der Waals surface area (Å²) in [5.74, 6) is 0.156. The van der Waals surface area contributed by atoms with E-state index in [0.29, 0.717) is 19.6 Å². The molecule has 3 aliphatic rings. The van der Waals surface area contributed by atoms with Gasteiger partial charge in [0.1, 0.15) is 11.2 Å². The number of hydrogen-bond donors (Lipinski definition) is 0. The van der Waals surface area contributed by atoms with Crippen molar-refractivity contribution < 1.29 is 19.1 Å². The Morgan fingerprint density at radius 3 is 2.50 bits per heavy atom. The molecule has 2 aliphatic heterocycles. The molecule has 6 nitrogen and oxygen atoms in total. The van der Waals surface area contributed by atoms with Crippen LogP contribution in [0.5, 0.6) is 0 Å². The van der Waals surface area contributed by atoms with Crippen molar-refractivity contribution in [1.82, 2.24) is 9.80 Å². The molecule has 0 N–H and O–H groups in total. The molecule has 0 aromatic carbocycles. The van der Waals surface area contributed by atoms with Gasteiger partial charge in [-0.2, -0.15) is 0 Å². The van der Waals surface area contributed by atoms with E-state index in [1.807, 2.05) is 32.6 Å². The van der Waals surface area contributed by atoms with Gasteiger partial charge in [-0.3, -0.25) is 4.79 Å². The van der Waals surface area contributed by atoms with Gasteiger partial charge in [0.25, 0.3) is 5.91 Å². The maximum atomic E-state index is 12.5. The molecule has 24 heavy (non-hydrogen) atoms. The first-order valence-electron chi connectivity index (χ1n) is 9.16. The summed E-state index contributed by atoms with van der Waals surface area (Å²) < 4.78 is 11.9. The van der Waals surface area contributed by atoms with Gasteiger partial charge in [0.05, 0.1) is 5.60 Å². The van der Waals surface area contributed by atoms with E-state index in [2.05, 4.69) is 0 Å². The van der Waals surface area contributed by atoms with Crippen LogP contribution < -0.4 is 0 Å². The normalized spacial score (nSPS) is 29.8. The van der Waals surface area contributed by atoms with Crippen molar-refractivity contribution in [2.24, 2.45) is 0 Å². The summed E-state index contributed by atoms with van der Waals surface area (Å²) in [5, 5.41) is 0. The van der Waals surface area contributed by atoms with Crippen LogP contribution in [0, 0.1) is 0 Å². The maximum Gasteiger partial charge on any atom is 0.410 e. The first-order valence-corrected chi connectivity index (χ1v) is 9.16. The topological polar surface area (TPSA) is 59.1 Å². The van der Waals surface area contributed by atoms with Crippen LogP contribution in [0.3, 0.4) is 0 Å². The van der Waals surface area contributed by atoms with Crippen molar-refractivity contribution in [3.63, 3.8) is 0 Å². The minimum atomic E-state index is -0.560. The lowest BCUT2D eigenvalue weighted by molar-refractivity contribution is -0.193. The molecule has 0 aromatic heterocycles. The number of carbonyl (C=O) groups excluding carboxylic acids is 2. The second-order valence-electron chi connectivity index (χ2n) is 8.42. The highest BCUT2D eigenvalue weighted by atomic mass is 16.6. The van der Waals surface area contributed by atoms with Crippen LogP contribution in [-0.2, 0) is 14.3 Å². The van der Waals surface area contributed by atoms with E-state index in [0.717, 1.165) is 38.6 Å². The lowest BCUT2D eigenvalue weighted by Crippen LogP contribution is -2.60. The van der Waals surface area contributed by atoms with Gasteiger partial charge in [-0.15, -0.1) is 0 Å². The Kier molecular flexibility index (Phi) is 4.31. The average molecular weight is 338 g/mol. The first-order chi connectivity index (χ1) is 11.2. The monoisotopic (exact) mass is 338 g/mol. The predicted molar refractivity (Wildman–Crippen MR) is 89.7 cm³/mol. The molecule has 0 bridgehead atoms. The quantitative estimate of drug-likeness (QED) is 0.737. The molecular weight excluding hydrogens is 308 g/mol. The second-order valence-corrected chi connectivity index (χ2v) is 8.42. The zero-order valence-electron chi connectivity index (χ0n) is 15.4. The minimum Gasteiger partial charge on any atom is -0.444 e. The molecule has 3 fully saturated rings. The fraction of sp³-hybridized carbons (Fsp3) is 0.889. The summed E-state index contributed by atoms with van der Waals surface area (Å²) in [4.78, 5) is 28.6. The smallest absolute Gasteiger partial charge is 0.410 e. The highest BCUT2D eigenvalue weighted by Crippen LogP contribution is 2.49. The highest BCUT2D eigenvalue weighted by Gasteiger charge is 2.61. The van der Waals surface area contributed by atoms with Crippen LogP contribution in [-0.4, -0.2) is 64.8 Å². The Morgan fingerprint density at radius 2 is 1.92 bits per heavy atom. The number of likely N-dealkylation sites (tertiary alicyclic amines) is 1. The highest BCUT2D eigenvalue weighted by molar-refractivity contribution is 5.89. The van der Waals surface area contributed by atoms with Gasteiger partial charge >= 0.3 is 6.09 Å². The fourth-order valence-corrected chi connectivity index (χ4v) is 3.82. The van der Waals surface area contributed by atoms with Crippen molar-refractivity contribution in [2.45, 2.75) is 76.6 Å². The van der Waals surface area contributed by atoms with Crippen molar-refractivity contribution in [3.8, 4) is 0 Å². The van der Waals surface area contributed by atoms with Crippen LogP contribution in [0.2, 0.25) is 0 Å². The van der Waals surface area contributed by atoms with Crippen LogP contribution >= 0.6 is 0 Å². The second kappa shape index (κ2) is 5.90. The number of nitrogens with zero attached hydrogens (tertiary/aromatic N) is 2. The van der Waals surface area contributed by atoms with E-state index < -0.39 is 11.2 Å². The molecule has 1 unspecified atom stereocenters. The van der Waals surface area contributed by atoms with E-state index in [1.54, 1.807) is 4.90 Å². The van der Waals surface area contributed by atoms with Gasteiger partial charge < -0.3 is 19.3 Å². The number of morpholine rings is 1. The largest absolute Gasteiger partial charge is 0.444 e. The van der Waals surface area contributed by atoms with E-state index in [1.165, 1.54) is 0 Å². The molecule has 2 saturated heterocycles. The molecule has 1 saturated carbocycles. The summed E-state index contributed by atoms with van der Waals surface area (Å²) in [6.07, 6.45) is 3.94. The lowest BCUT2D eigenvalue weighted by atomic mass is 9.91. The summed E-state index contributed by atoms with van der Waals surface area (Å²) in [6.45, 7) is 10.4. The molecule has 2 heterocycles. The maximum absolute atomic E-state index is 12.5. The number of amides is 2.